The first-order valence-electron chi connectivity index (χ1n) is 7.68. The number of carbonyl (C=O) groups is 1. The predicted molar refractivity (Wildman–Crippen MR) is 82.4 cm³/mol. The third-order valence-electron chi connectivity index (χ3n) is 4.14. The van der Waals surface area contributed by atoms with E-state index >= 15 is 0 Å². The fourth-order valence-corrected chi connectivity index (χ4v) is 3.11. The van der Waals surface area contributed by atoms with Crippen LogP contribution in [0.2, 0.25) is 0 Å². The second kappa shape index (κ2) is 5.91. The van der Waals surface area contributed by atoms with E-state index < -0.39 is 0 Å². The smallest absolute Gasteiger partial charge is 0.249 e. The lowest BCUT2D eigenvalue weighted by Gasteiger charge is -2.29. The maximum atomic E-state index is 11.8. The largest absolute Gasteiger partial charge is 0.337 e. The van der Waals surface area contributed by atoms with Crippen molar-refractivity contribution in [1.82, 2.24) is 15.0 Å². The van der Waals surface area contributed by atoms with E-state index in [-0.39, 0.29) is 11.9 Å². The van der Waals surface area contributed by atoms with Gasteiger partial charge in [0, 0.05) is 19.9 Å². The van der Waals surface area contributed by atoms with Gasteiger partial charge >= 0.3 is 0 Å². The van der Waals surface area contributed by atoms with Crippen LogP contribution in [-0.4, -0.2) is 28.0 Å². The van der Waals surface area contributed by atoms with Crippen LogP contribution in [0, 0.1) is 13.8 Å². The van der Waals surface area contributed by atoms with Gasteiger partial charge in [0.2, 0.25) is 11.8 Å². The Hall–Kier alpha value is -2.17. The normalized spacial score (nSPS) is 18.8. The minimum atomic E-state index is -0.0817. The topological polar surface area (TPSA) is 59.2 Å². The molecule has 0 aliphatic carbocycles. The Balaban J connectivity index is 1.77. The van der Waals surface area contributed by atoms with Crippen LogP contribution in [0.5, 0.6) is 0 Å². The van der Waals surface area contributed by atoms with Crippen molar-refractivity contribution in [2.24, 2.45) is 0 Å². The predicted octanol–water partition coefficient (Wildman–Crippen LogP) is 2.96. The summed E-state index contributed by atoms with van der Waals surface area (Å²) >= 11 is 0. The summed E-state index contributed by atoms with van der Waals surface area (Å²) in [5.41, 5.74) is 3.64. The number of benzene rings is 1. The van der Waals surface area contributed by atoms with Crippen LogP contribution in [0.15, 0.2) is 22.7 Å². The molecule has 1 atom stereocenters. The Morgan fingerprint density at radius 3 is 2.73 bits per heavy atom. The summed E-state index contributed by atoms with van der Waals surface area (Å²) < 4.78 is 5.40. The average Bonchev–Trinajstić information content (AvgIpc) is 2.89. The summed E-state index contributed by atoms with van der Waals surface area (Å²) in [6, 6.07) is 6.34. The Bertz CT molecular complexity index is 673. The van der Waals surface area contributed by atoms with Gasteiger partial charge in [-0.1, -0.05) is 34.5 Å². The third kappa shape index (κ3) is 3.03. The number of aryl methyl sites for hydroxylation is 2. The van der Waals surface area contributed by atoms with Gasteiger partial charge in [-0.25, -0.2) is 0 Å². The molecule has 0 radical (unpaired) electrons. The molecule has 1 aliphatic heterocycles. The number of hydrogen-bond donors (Lipinski definition) is 0. The van der Waals surface area contributed by atoms with E-state index in [0.29, 0.717) is 24.6 Å². The molecule has 5 heteroatoms. The van der Waals surface area contributed by atoms with E-state index in [1.54, 1.807) is 11.9 Å². The maximum absolute atomic E-state index is 11.8. The average molecular weight is 299 g/mol. The highest BCUT2D eigenvalue weighted by Crippen LogP contribution is 2.29. The lowest BCUT2D eigenvalue weighted by Crippen LogP contribution is -2.34. The highest BCUT2D eigenvalue weighted by Gasteiger charge is 2.30. The monoisotopic (exact) mass is 299 g/mol. The lowest BCUT2D eigenvalue weighted by atomic mass is 10.0. The SMILES string of the molecule is Cc1cc(C)cc(Cc2noc(C3CCCC(=O)N3C)n2)c1. The molecule has 116 valence electrons. The van der Waals surface area contributed by atoms with Crippen molar-refractivity contribution in [1.29, 1.82) is 0 Å². The minimum absolute atomic E-state index is 0.0817. The molecule has 5 nitrogen and oxygen atoms in total. The van der Waals surface area contributed by atoms with Crippen LogP contribution in [0.4, 0.5) is 0 Å². The van der Waals surface area contributed by atoms with Crippen molar-refractivity contribution >= 4 is 5.91 Å². The highest BCUT2D eigenvalue weighted by molar-refractivity contribution is 5.77. The first-order chi connectivity index (χ1) is 10.5. The van der Waals surface area contributed by atoms with Crippen LogP contribution in [0.1, 0.15) is 53.7 Å². The van der Waals surface area contributed by atoms with Gasteiger partial charge < -0.3 is 9.42 Å². The van der Waals surface area contributed by atoms with Crippen molar-refractivity contribution in [3.63, 3.8) is 0 Å². The zero-order valence-electron chi connectivity index (χ0n) is 13.3. The molecule has 1 aliphatic rings. The zero-order chi connectivity index (χ0) is 15.7. The van der Waals surface area contributed by atoms with Crippen molar-refractivity contribution in [3.8, 4) is 0 Å². The van der Waals surface area contributed by atoms with Crippen molar-refractivity contribution < 1.29 is 9.32 Å². The summed E-state index contributed by atoms with van der Waals surface area (Å²) in [6.45, 7) is 4.17. The van der Waals surface area contributed by atoms with Gasteiger partial charge in [0.15, 0.2) is 5.82 Å². The number of carbonyl (C=O) groups excluding carboxylic acids is 1. The fourth-order valence-electron chi connectivity index (χ4n) is 3.11. The van der Waals surface area contributed by atoms with Gasteiger partial charge in [-0.05, 0) is 32.3 Å². The van der Waals surface area contributed by atoms with Crippen LogP contribution in [0.3, 0.4) is 0 Å². The first-order valence-corrected chi connectivity index (χ1v) is 7.68. The molecule has 0 N–H and O–H groups in total. The second-order valence-corrected chi connectivity index (χ2v) is 6.13. The molecule has 1 aromatic heterocycles. The van der Waals surface area contributed by atoms with Gasteiger partial charge in [-0.15, -0.1) is 0 Å². The molecule has 0 spiro atoms. The van der Waals surface area contributed by atoms with Crippen molar-refractivity contribution in [2.45, 2.75) is 45.6 Å². The van der Waals surface area contributed by atoms with Crippen LogP contribution >= 0.6 is 0 Å². The van der Waals surface area contributed by atoms with Crippen molar-refractivity contribution in [3.05, 3.63) is 46.6 Å². The molecule has 22 heavy (non-hydrogen) atoms. The standard InChI is InChI=1S/C17H21N3O2/c1-11-7-12(2)9-13(8-11)10-15-18-17(22-19-15)14-5-4-6-16(21)20(14)3/h7-9,14H,4-6,10H2,1-3H3. The molecule has 1 fully saturated rings. The molecule has 1 aromatic carbocycles. The molecule has 1 saturated heterocycles. The number of aromatic nitrogens is 2. The number of piperidine rings is 1. The fraction of sp³-hybridized carbons (Fsp3) is 0.471. The number of rotatable bonds is 3. The zero-order valence-corrected chi connectivity index (χ0v) is 13.3. The number of hydrogen-bond acceptors (Lipinski definition) is 4. The number of likely N-dealkylation sites (tertiary alicyclic amines) is 1. The number of nitrogens with zero attached hydrogens (tertiary/aromatic N) is 3. The van der Waals surface area contributed by atoms with E-state index in [1.165, 1.54) is 16.7 Å². The van der Waals surface area contributed by atoms with E-state index in [2.05, 4.69) is 42.2 Å². The molecule has 0 bridgehead atoms. The maximum Gasteiger partial charge on any atom is 0.249 e. The Morgan fingerprint density at radius 1 is 1.27 bits per heavy atom. The van der Waals surface area contributed by atoms with Crippen molar-refractivity contribution in [2.75, 3.05) is 7.05 Å². The molecule has 0 saturated carbocycles. The van der Waals surface area contributed by atoms with E-state index in [0.717, 1.165) is 12.8 Å². The van der Waals surface area contributed by atoms with E-state index in [1.807, 2.05) is 0 Å². The molecule has 1 amide bonds. The first kappa shape index (κ1) is 14.8. The van der Waals surface area contributed by atoms with Gasteiger partial charge in [0.25, 0.3) is 0 Å². The summed E-state index contributed by atoms with van der Waals surface area (Å²) in [5.74, 6) is 1.37. The third-order valence-corrected chi connectivity index (χ3v) is 4.14. The molecular weight excluding hydrogens is 278 g/mol. The summed E-state index contributed by atoms with van der Waals surface area (Å²) in [5, 5.41) is 4.08. The van der Waals surface area contributed by atoms with E-state index in [9.17, 15) is 4.79 Å². The molecule has 1 unspecified atom stereocenters. The summed E-state index contributed by atoms with van der Waals surface area (Å²) in [6.07, 6.45) is 3.02. The lowest BCUT2D eigenvalue weighted by molar-refractivity contribution is -0.135. The van der Waals surface area contributed by atoms with Gasteiger partial charge in [-0.2, -0.15) is 4.98 Å². The molecule has 2 aromatic rings. The minimum Gasteiger partial charge on any atom is -0.337 e. The summed E-state index contributed by atoms with van der Waals surface area (Å²) in [7, 11) is 1.81. The number of amides is 1. The molecular formula is C17H21N3O2. The van der Waals surface area contributed by atoms with Crippen LogP contribution < -0.4 is 0 Å². The Kier molecular flexibility index (Phi) is 3.96. The quantitative estimate of drug-likeness (QED) is 0.874. The van der Waals surface area contributed by atoms with E-state index in [4.69, 9.17) is 4.52 Å². The van der Waals surface area contributed by atoms with Crippen LogP contribution in [-0.2, 0) is 11.2 Å². The van der Waals surface area contributed by atoms with Gasteiger partial charge in [-0.3, -0.25) is 4.79 Å². The van der Waals surface area contributed by atoms with Crippen LogP contribution in [0.25, 0.3) is 0 Å². The second-order valence-electron chi connectivity index (χ2n) is 6.13. The Labute approximate surface area is 130 Å². The van der Waals surface area contributed by atoms with Gasteiger partial charge in [0.05, 0.1) is 0 Å². The van der Waals surface area contributed by atoms with Gasteiger partial charge in [0.1, 0.15) is 6.04 Å². The molecule has 2 heterocycles. The molecule has 3 rings (SSSR count). The highest BCUT2D eigenvalue weighted by atomic mass is 16.5. The summed E-state index contributed by atoms with van der Waals surface area (Å²) in [4.78, 5) is 18.0. The Morgan fingerprint density at radius 2 is 2.00 bits per heavy atom.